The van der Waals surface area contributed by atoms with E-state index < -0.39 is 54.9 Å². The minimum absolute atomic E-state index is 0.0635. The van der Waals surface area contributed by atoms with Crippen LogP contribution in [-0.2, 0) is 9.53 Å². The molecule has 2 rings (SSSR count). The van der Waals surface area contributed by atoms with E-state index in [9.17, 15) is 53.9 Å². The van der Waals surface area contributed by atoms with Crippen LogP contribution in [0.4, 0.5) is 39.5 Å². The first kappa shape index (κ1) is 38.1. The molecule has 6 nitrogen and oxygen atoms in total. The molecule has 0 spiro atoms. The van der Waals surface area contributed by atoms with E-state index in [0.717, 1.165) is 62.8 Å². The van der Waals surface area contributed by atoms with Crippen molar-refractivity contribution in [3.8, 4) is 11.5 Å². The van der Waals surface area contributed by atoms with Crippen molar-refractivity contribution < 1.29 is 68.1 Å². The quantitative estimate of drug-likeness (QED) is 0.0518. The average Bonchev–Trinajstić information content (AvgIpc) is 2.98. The molecule has 0 atom stereocenters. The molecule has 2 aromatic rings. The molecular formula is C31H31F9O6. The second-order valence-electron chi connectivity index (χ2n) is 10.1. The van der Waals surface area contributed by atoms with E-state index in [0.29, 0.717) is 6.42 Å². The van der Waals surface area contributed by atoms with Crippen LogP contribution >= 0.6 is 0 Å². The van der Waals surface area contributed by atoms with Gasteiger partial charge in [0.15, 0.2) is 0 Å². The van der Waals surface area contributed by atoms with Gasteiger partial charge in [0, 0.05) is 6.42 Å². The predicted molar refractivity (Wildman–Crippen MR) is 146 cm³/mol. The SMILES string of the molecule is C=CCCCCCCCCC(=O)Oc1ccc(C(=O)Oc2ccc(C(=O)OCCC(F)(F)C(F)(F)C(F)(F)C(F)(F)F)cc2)cc1. The van der Waals surface area contributed by atoms with Crippen LogP contribution in [0.25, 0.3) is 0 Å². The summed E-state index contributed by atoms with van der Waals surface area (Å²) in [5, 5.41) is 0. The van der Waals surface area contributed by atoms with E-state index in [1.165, 1.54) is 24.3 Å². The molecule has 0 heterocycles. The first-order valence-corrected chi connectivity index (χ1v) is 14.0. The van der Waals surface area contributed by atoms with Crippen LogP contribution in [0.2, 0.25) is 0 Å². The van der Waals surface area contributed by atoms with Gasteiger partial charge in [-0.15, -0.1) is 6.58 Å². The Morgan fingerprint density at radius 3 is 1.63 bits per heavy atom. The number of hydrogen-bond donors (Lipinski definition) is 0. The standard InChI is InChI=1S/C31H31F9O6/c1-2-3-4-5-6-7-8-9-10-25(41)45-23-15-13-22(14-16-23)27(43)46-24-17-11-21(12-18-24)26(42)44-20-19-28(32,33)29(34,35)30(36,37)31(38,39)40/h2,11-18H,1,3-10,19-20H2. The number of ether oxygens (including phenoxy) is 3. The van der Waals surface area contributed by atoms with Crippen molar-refractivity contribution in [1.82, 2.24) is 0 Å². The van der Waals surface area contributed by atoms with Crippen molar-refractivity contribution in [2.24, 2.45) is 0 Å². The Labute approximate surface area is 258 Å². The number of halogens is 9. The molecule has 0 saturated heterocycles. The minimum atomic E-state index is -7.04. The molecular weight excluding hydrogens is 639 g/mol. The van der Waals surface area contributed by atoms with E-state index in [2.05, 4.69) is 11.3 Å². The smallest absolute Gasteiger partial charge is 0.460 e. The number of esters is 3. The highest BCUT2D eigenvalue weighted by molar-refractivity contribution is 5.92. The zero-order chi connectivity index (χ0) is 34.6. The highest BCUT2D eigenvalue weighted by Crippen LogP contribution is 2.54. The fourth-order valence-electron chi connectivity index (χ4n) is 3.85. The van der Waals surface area contributed by atoms with Gasteiger partial charge in [-0.3, -0.25) is 4.79 Å². The number of benzene rings is 2. The molecule has 0 radical (unpaired) electrons. The monoisotopic (exact) mass is 670 g/mol. The molecule has 0 amide bonds. The highest BCUT2D eigenvalue weighted by atomic mass is 19.4. The minimum Gasteiger partial charge on any atom is -0.462 e. The Morgan fingerprint density at radius 2 is 1.11 bits per heavy atom. The first-order chi connectivity index (χ1) is 21.4. The summed E-state index contributed by atoms with van der Waals surface area (Å²) >= 11 is 0. The van der Waals surface area contributed by atoms with Gasteiger partial charge >= 0.3 is 41.9 Å². The van der Waals surface area contributed by atoms with Crippen LogP contribution < -0.4 is 9.47 Å². The highest BCUT2D eigenvalue weighted by Gasteiger charge is 2.81. The lowest BCUT2D eigenvalue weighted by Gasteiger charge is -2.33. The van der Waals surface area contributed by atoms with Crippen LogP contribution in [-0.4, -0.2) is 48.5 Å². The number of hydrogen-bond acceptors (Lipinski definition) is 6. The number of unbranched alkanes of at least 4 members (excludes halogenated alkanes) is 6. The topological polar surface area (TPSA) is 78.9 Å². The number of rotatable bonds is 18. The molecule has 0 aliphatic rings. The van der Waals surface area contributed by atoms with Gasteiger partial charge < -0.3 is 14.2 Å². The fraction of sp³-hybridized carbons (Fsp3) is 0.452. The van der Waals surface area contributed by atoms with Crippen molar-refractivity contribution in [2.45, 2.75) is 81.7 Å². The molecule has 2 aromatic carbocycles. The van der Waals surface area contributed by atoms with Crippen molar-refractivity contribution in [2.75, 3.05) is 6.61 Å². The van der Waals surface area contributed by atoms with Gasteiger partial charge in [0.2, 0.25) is 0 Å². The Balaban J connectivity index is 1.81. The Hall–Kier alpha value is -4.04. The summed E-state index contributed by atoms with van der Waals surface area (Å²) < 4.78 is 131. The predicted octanol–water partition coefficient (Wildman–Crippen LogP) is 9.13. The van der Waals surface area contributed by atoms with Gasteiger partial charge in [0.1, 0.15) is 11.5 Å². The zero-order valence-electron chi connectivity index (χ0n) is 24.3. The van der Waals surface area contributed by atoms with Crippen LogP contribution in [0.15, 0.2) is 61.2 Å². The van der Waals surface area contributed by atoms with Crippen LogP contribution in [0.5, 0.6) is 11.5 Å². The second kappa shape index (κ2) is 16.5. The average molecular weight is 671 g/mol. The van der Waals surface area contributed by atoms with E-state index in [-0.39, 0.29) is 29.0 Å². The molecule has 0 unspecified atom stereocenters. The summed E-state index contributed by atoms with van der Waals surface area (Å²) in [6, 6.07) is 9.58. The van der Waals surface area contributed by atoms with Crippen LogP contribution in [0.1, 0.15) is 78.5 Å². The van der Waals surface area contributed by atoms with E-state index in [1.807, 2.05) is 6.08 Å². The lowest BCUT2D eigenvalue weighted by molar-refractivity contribution is -0.397. The summed E-state index contributed by atoms with van der Waals surface area (Å²) in [5.74, 6) is -22.3. The van der Waals surface area contributed by atoms with Crippen molar-refractivity contribution in [3.63, 3.8) is 0 Å². The summed E-state index contributed by atoms with van der Waals surface area (Å²) in [7, 11) is 0. The van der Waals surface area contributed by atoms with Gasteiger partial charge in [0.05, 0.1) is 24.2 Å². The summed E-state index contributed by atoms with van der Waals surface area (Å²) in [4.78, 5) is 36.5. The van der Waals surface area contributed by atoms with Crippen LogP contribution in [0.3, 0.4) is 0 Å². The number of allylic oxidation sites excluding steroid dienone is 1. The third-order valence-corrected chi connectivity index (χ3v) is 6.52. The molecule has 254 valence electrons. The largest absolute Gasteiger partial charge is 0.462 e. The molecule has 46 heavy (non-hydrogen) atoms. The molecule has 15 heteroatoms. The lowest BCUT2D eigenvalue weighted by atomic mass is 10.0. The van der Waals surface area contributed by atoms with E-state index >= 15 is 0 Å². The summed E-state index contributed by atoms with van der Waals surface area (Å²) in [5.41, 5.74) is -0.307. The molecule has 0 bridgehead atoms. The molecule has 0 saturated carbocycles. The lowest BCUT2D eigenvalue weighted by Crippen LogP contribution is -2.61. The summed E-state index contributed by atoms with van der Waals surface area (Å²) in [6.45, 7) is 2.06. The van der Waals surface area contributed by atoms with E-state index in [4.69, 9.17) is 9.47 Å². The fourth-order valence-corrected chi connectivity index (χ4v) is 3.85. The van der Waals surface area contributed by atoms with Crippen molar-refractivity contribution >= 4 is 17.9 Å². The van der Waals surface area contributed by atoms with Gasteiger partial charge in [-0.05, 0) is 67.8 Å². The number of carbonyl (C=O) groups is 3. The van der Waals surface area contributed by atoms with Gasteiger partial charge in [-0.1, -0.05) is 31.8 Å². The van der Waals surface area contributed by atoms with Crippen molar-refractivity contribution in [3.05, 3.63) is 72.3 Å². The Kier molecular flexibility index (Phi) is 13.7. The molecule has 0 fully saturated rings. The zero-order valence-corrected chi connectivity index (χ0v) is 24.3. The summed E-state index contributed by atoms with van der Waals surface area (Å²) in [6.07, 6.45) is -0.287. The third kappa shape index (κ3) is 10.5. The molecule has 0 aliphatic heterocycles. The Morgan fingerprint density at radius 1 is 0.630 bits per heavy atom. The van der Waals surface area contributed by atoms with Gasteiger partial charge in [-0.25, -0.2) is 9.59 Å². The maximum absolute atomic E-state index is 13.6. The van der Waals surface area contributed by atoms with Crippen molar-refractivity contribution in [1.29, 1.82) is 0 Å². The van der Waals surface area contributed by atoms with E-state index in [1.54, 1.807) is 0 Å². The Bertz CT molecular complexity index is 1310. The second-order valence-corrected chi connectivity index (χ2v) is 10.1. The van der Waals surface area contributed by atoms with Gasteiger partial charge in [0.25, 0.3) is 0 Å². The van der Waals surface area contributed by atoms with Crippen LogP contribution in [0, 0.1) is 0 Å². The van der Waals surface area contributed by atoms with Gasteiger partial charge in [-0.2, -0.15) is 39.5 Å². The maximum Gasteiger partial charge on any atom is 0.460 e. The first-order valence-electron chi connectivity index (χ1n) is 14.0. The number of carbonyl (C=O) groups excluding carboxylic acids is 3. The molecule has 0 aromatic heterocycles. The third-order valence-electron chi connectivity index (χ3n) is 6.52. The maximum atomic E-state index is 13.6. The number of alkyl halides is 9. The molecule has 0 aliphatic carbocycles. The molecule has 0 N–H and O–H groups in total. The normalized spacial score (nSPS) is 12.4.